The lowest BCUT2D eigenvalue weighted by Crippen LogP contribution is -2.53. The van der Waals surface area contributed by atoms with Crippen LogP contribution < -0.4 is 5.32 Å². The number of aromatic amines is 1. The summed E-state index contributed by atoms with van der Waals surface area (Å²) in [5.41, 5.74) is 2.23. The number of hydrogen-bond acceptors (Lipinski definition) is 3. The van der Waals surface area contributed by atoms with Gasteiger partial charge in [-0.3, -0.25) is 9.89 Å². The molecule has 1 amide bonds. The number of aromatic nitrogens is 2. The lowest BCUT2D eigenvalue weighted by atomic mass is 10.1. The maximum Gasteiger partial charge on any atom is 0.240 e. The Kier molecular flexibility index (Phi) is 1.61. The Balaban J connectivity index is 1.72. The van der Waals surface area contributed by atoms with E-state index in [1.807, 2.05) is 4.90 Å². The maximum absolute atomic E-state index is 11.8. The van der Waals surface area contributed by atoms with Gasteiger partial charge in [0.05, 0.1) is 24.5 Å². The largest absolute Gasteiger partial charge is 0.331 e. The Bertz CT molecular complexity index is 348. The van der Waals surface area contributed by atoms with Gasteiger partial charge in [-0.05, 0) is 13.0 Å². The smallest absolute Gasteiger partial charge is 0.240 e. The Labute approximate surface area is 81.5 Å². The minimum Gasteiger partial charge on any atom is -0.331 e. The van der Waals surface area contributed by atoms with Gasteiger partial charge < -0.3 is 10.2 Å². The van der Waals surface area contributed by atoms with Crippen molar-refractivity contribution in [1.29, 1.82) is 0 Å². The van der Waals surface area contributed by atoms with E-state index in [2.05, 4.69) is 15.5 Å². The van der Waals surface area contributed by atoms with Crippen molar-refractivity contribution in [2.45, 2.75) is 25.6 Å². The van der Waals surface area contributed by atoms with Crippen molar-refractivity contribution < 1.29 is 4.79 Å². The van der Waals surface area contributed by atoms with Gasteiger partial charge in [-0.2, -0.15) is 5.10 Å². The Morgan fingerprint density at radius 1 is 1.57 bits per heavy atom. The molecule has 1 fully saturated rings. The van der Waals surface area contributed by atoms with Crippen LogP contribution in [0.5, 0.6) is 0 Å². The molecule has 2 aliphatic rings. The number of H-pyrrole nitrogens is 1. The van der Waals surface area contributed by atoms with Crippen LogP contribution in [0.1, 0.15) is 17.7 Å². The summed E-state index contributed by atoms with van der Waals surface area (Å²) in [4.78, 5) is 13.7. The number of fused-ring (bicyclic) bond motifs is 1. The van der Waals surface area contributed by atoms with E-state index < -0.39 is 0 Å². The number of nitrogens with zero attached hydrogens (tertiary/aromatic N) is 2. The molecule has 0 saturated carbocycles. The normalized spacial score (nSPS) is 24.6. The van der Waals surface area contributed by atoms with Crippen LogP contribution >= 0.6 is 0 Å². The quantitative estimate of drug-likeness (QED) is 0.637. The van der Waals surface area contributed by atoms with Crippen molar-refractivity contribution in [2.75, 3.05) is 6.54 Å². The highest BCUT2D eigenvalue weighted by Crippen LogP contribution is 2.21. The third-order valence-electron chi connectivity index (χ3n) is 2.95. The van der Waals surface area contributed by atoms with Crippen LogP contribution in [-0.2, 0) is 17.9 Å². The number of nitrogens with one attached hydrogen (secondary N) is 2. The van der Waals surface area contributed by atoms with Gasteiger partial charge in [0.2, 0.25) is 5.91 Å². The summed E-state index contributed by atoms with van der Waals surface area (Å²) in [6.45, 7) is 2.37. The van der Waals surface area contributed by atoms with Crippen LogP contribution in [0.25, 0.3) is 0 Å². The van der Waals surface area contributed by atoms with E-state index in [0.717, 1.165) is 24.2 Å². The molecular weight excluding hydrogens is 180 g/mol. The van der Waals surface area contributed by atoms with Crippen LogP contribution in [0.2, 0.25) is 0 Å². The van der Waals surface area contributed by atoms with E-state index in [1.165, 1.54) is 0 Å². The van der Waals surface area contributed by atoms with Gasteiger partial charge in [0.25, 0.3) is 0 Å². The first-order chi connectivity index (χ1) is 6.84. The first kappa shape index (κ1) is 7.99. The lowest BCUT2D eigenvalue weighted by Gasteiger charge is -2.30. The zero-order chi connectivity index (χ0) is 9.54. The number of carbonyl (C=O) groups excluding carboxylic acids is 1. The minimum absolute atomic E-state index is 0.0620. The monoisotopic (exact) mass is 192 g/mol. The maximum atomic E-state index is 11.8. The third-order valence-corrected chi connectivity index (χ3v) is 2.95. The van der Waals surface area contributed by atoms with Gasteiger partial charge in [0, 0.05) is 12.1 Å². The lowest BCUT2D eigenvalue weighted by molar-refractivity contribution is -0.135. The fraction of sp³-hybridized carbons (Fsp3) is 0.556. The Morgan fingerprint density at radius 3 is 3.07 bits per heavy atom. The Morgan fingerprint density at radius 2 is 2.43 bits per heavy atom. The first-order valence-corrected chi connectivity index (χ1v) is 4.88. The van der Waals surface area contributed by atoms with Crippen LogP contribution in [-0.4, -0.2) is 33.6 Å². The fourth-order valence-electron chi connectivity index (χ4n) is 1.94. The summed E-state index contributed by atoms with van der Waals surface area (Å²) < 4.78 is 0. The second-order valence-corrected chi connectivity index (χ2v) is 3.86. The predicted octanol–water partition coefficient (Wildman–Crippen LogP) is -0.386. The molecule has 3 rings (SSSR count). The summed E-state index contributed by atoms with van der Waals surface area (Å²) in [5.74, 6) is 0.223. The van der Waals surface area contributed by atoms with Crippen LogP contribution in [0.3, 0.4) is 0 Å². The highest BCUT2D eigenvalue weighted by atomic mass is 16.2. The Hall–Kier alpha value is -1.36. The minimum atomic E-state index is 0.0620. The molecule has 14 heavy (non-hydrogen) atoms. The highest BCUT2D eigenvalue weighted by Gasteiger charge is 2.32. The van der Waals surface area contributed by atoms with Gasteiger partial charge in [0.1, 0.15) is 0 Å². The number of hydrogen-bond donors (Lipinski definition) is 2. The van der Waals surface area contributed by atoms with Gasteiger partial charge in [-0.15, -0.1) is 0 Å². The van der Waals surface area contributed by atoms with E-state index in [-0.39, 0.29) is 11.9 Å². The standard InChI is InChI=1S/C9H12N4O/c14-9(7-1-2-10-7)13-4-6-3-11-12-8(6)5-13/h3,7,10H,1-2,4-5H2,(H,11,12). The molecule has 0 radical (unpaired) electrons. The molecule has 2 N–H and O–H groups in total. The van der Waals surface area contributed by atoms with E-state index in [4.69, 9.17) is 0 Å². The van der Waals surface area contributed by atoms with E-state index in [9.17, 15) is 4.79 Å². The molecule has 0 aromatic carbocycles. The van der Waals surface area contributed by atoms with Crippen molar-refractivity contribution in [3.63, 3.8) is 0 Å². The van der Waals surface area contributed by atoms with Crippen molar-refractivity contribution in [2.24, 2.45) is 0 Å². The van der Waals surface area contributed by atoms with Crippen molar-refractivity contribution in [1.82, 2.24) is 20.4 Å². The predicted molar refractivity (Wildman–Crippen MR) is 49.2 cm³/mol. The van der Waals surface area contributed by atoms with E-state index in [0.29, 0.717) is 13.1 Å². The number of carbonyl (C=O) groups is 1. The first-order valence-electron chi connectivity index (χ1n) is 4.88. The summed E-state index contributed by atoms with van der Waals surface area (Å²) in [7, 11) is 0. The molecule has 3 heterocycles. The summed E-state index contributed by atoms with van der Waals surface area (Å²) in [5, 5.41) is 9.98. The highest BCUT2D eigenvalue weighted by molar-refractivity contribution is 5.83. The summed E-state index contributed by atoms with van der Waals surface area (Å²) >= 11 is 0. The second kappa shape index (κ2) is 2.81. The average molecular weight is 192 g/mol. The molecule has 0 aliphatic carbocycles. The number of rotatable bonds is 1. The fourth-order valence-corrected chi connectivity index (χ4v) is 1.94. The van der Waals surface area contributed by atoms with Gasteiger partial charge in [-0.1, -0.05) is 0 Å². The van der Waals surface area contributed by atoms with Crippen molar-refractivity contribution >= 4 is 5.91 Å². The van der Waals surface area contributed by atoms with Gasteiger partial charge in [-0.25, -0.2) is 0 Å². The SMILES string of the molecule is O=C(C1CCN1)N1Cc2cn[nH]c2C1. The molecule has 0 bridgehead atoms. The topological polar surface area (TPSA) is 61.0 Å². The molecule has 1 aromatic rings. The summed E-state index contributed by atoms with van der Waals surface area (Å²) in [6.07, 6.45) is 2.78. The van der Waals surface area contributed by atoms with Crippen LogP contribution in [0, 0.1) is 0 Å². The van der Waals surface area contributed by atoms with Gasteiger partial charge in [0.15, 0.2) is 0 Å². The molecular formula is C9H12N4O. The molecule has 1 atom stereocenters. The molecule has 0 spiro atoms. The van der Waals surface area contributed by atoms with E-state index in [1.54, 1.807) is 6.20 Å². The molecule has 5 heteroatoms. The summed E-state index contributed by atoms with van der Waals surface area (Å²) in [6, 6.07) is 0.0620. The third kappa shape index (κ3) is 1.05. The molecule has 1 unspecified atom stereocenters. The molecule has 1 aromatic heterocycles. The molecule has 2 aliphatic heterocycles. The average Bonchev–Trinajstić information content (AvgIpc) is 2.56. The van der Waals surface area contributed by atoms with Crippen LogP contribution in [0.4, 0.5) is 0 Å². The van der Waals surface area contributed by atoms with Crippen LogP contribution in [0.15, 0.2) is 6.20 Å². The van der Waals surface area contributed by atoms with Crippen molar-refractivity contribution in [3.8, 4) is 0 Å². The van der Waals surface area contributed by atoms with Gasteiger partial charge >= 0.3 is 0 Å². The van der Waals surface area contributed by atoms with Crippen molar-refractivity contribution in [3.05, 3.63) is 17.5 Å². The zero-order valence-corrected chi connectivity index (χ0v) is 7.79. The van der Waals surface area contributed by atoms with E-state index >= 15 is 0 Å². The number of amides is 1. The molecule has 5 nitrogen and oxygen atoms in total. The zero-order valence-electron chi connectivity index (χ0n) is 7.79. The molecule has 1 saturated heterocycles. The second-order valence-electron chi connectivity index (χ2n) is 3.86. The molecule has 74 valence electrons.